The smallest absolute Gasteiger partial charge is 0.253 e. The van der Waals surface area contributed by atoms with Gasteiger partial charge in [0.15, 0.2) is 9.84 Å². The molecule has 202 valence electrons. The van der Waals surface area contributed by atoms with E-state index in [0.717, 1.165) is 48.2 Å². The van der Waals surface area contributed by atoms with Crippen LogP contribution in [0.4, 0.5) is 0 Å². The quantitative estimate of drug-likeness (QED) is 0.463. The van der Waals surface area contributed by atoms with Crippen LogP contribution in [0.1, 0.15) is 92.1 Å². The molecule has 1 aromatic heterocycles. The zero-order chi connectivity index (χ0) is 26.6. The minimum absolute atomic E-state index is 0.0477. The second kappa shape index (κ2) is 12.0. The van der Waals surface area contributed by atoms with Gasteiger partial charge in [-0.3, -0.25) is 14.7 Å². The van der Waals surface area contributed by atoms with Gasteiger partial charge in [-0.05, 0) is 60.4 Å². The summed E-state index contributed by atoms with van der Waals surface area (Å²) in [5.74, 6) is 1.43. The van der Waals surface area contributed by atoms with Crippen molar-refractivity contribution in [3.05, 3.63) is 58.9 Å². The standard InChI is InChI=1S/C29H41N3O4S/c1-5-27-28-24(18-32(27)17-21-9-7-20(3)8-10-21)15-23(16-30-28)29(33)31-26(19-36-4)22-11-13-25(14-12-22)37(34,35)6-2/h11-16,20-21,26-27H,5-10,17-19H2,1-4H3,(H,31,33)/t20-,21-,26-,27-/m0/s1. The molecule has 8 heteroatoms. The Kier molecular flexibility index (Phi) is 9.03. The van der Waals surface area contributed by atoms with Crippen molar-refractivity contribution in [2.45, 2.75) is 76.4 Å². The average Bonchev–Trinajstić information content (AvgIpc) is 3.25. The second-order valence-electron chi connectivity index (χ2n) is 10.7. The molecule has 1 aromatic carbocycles. The van der Waals surface area contributed by atoms with Crippen molar-refractivity contribution in [1.82, 2.24) is 15.2 Å². The summed E-state index contributed by atoms with van der Waals surface area (Å²) in [4.78, 5) is 20.8. The topological polar surface area (TPSA) is 88.6 Å². The summed E-state index contributed by atoms with van der Waals surface area (Å²) in [5, 5.41) is 3.05. The summed E-state index contributed by atoms with van der Waals surface area (Å²) in [6.45, 7) is 8.41. The van der Waals surface area contributed by atoms with Crippen molar-refractivity contribution in [2.24, 2.45) is 11.8 Å². The first-order valence-electron chi connectivity index (χ1n) is 13.6. The Labute approximate surface area is 221 Å². The van der Waals surface area contributed by atoms with E-state index in [1.807, 2.05) is 6.07 Å². The van der Waals surface area contributed by atoms with Crippen LogP contribution in [0.25, 0.3) is 0 Å². The number of fused-ring (bicyclic) bond motifs is 1. The van der Waals surface area contributed by atoms with Crippen LogP contribution in [-0.2, 0) is 21.1 Å². The first kappa shape index (κ1) is 27.7. The maximum Gasteiger partial charge on any atom is 0.253 e. The number of carbonyl (C=O) groups excluding carboxylic acids is 1. The number of nitrogens with one attached hydrogen (secondary N) is 1. The van der Waals surface area contributed by atoms with E-state index >= 15 is 0 Å². The Morgan fingerprint density at radius 2 is 1.86 bits per heavy atom. The minimum Gasteiger partial charge on any atom is -0.382 e. The van der Waals surface area contributed by atoms with Crippen LogP contribution in [0.15, 0.2) is 41.4 Å². The number of amides is 1. The van der Waals surface area contributed by atoms with Gasteiger partial charge >= 0.3 is 0 Å². The fourth-order valence-corrected chi connectivity index (χ4v) is 6.65. The van der Waals surface area contributed by atoms with Gasteiger partial charge in [-0.2, -0.15) is 0 Å². The molecule has 1 aliphatic carbocycles. The molecule has 1 saturated carbocycles. The van der Waals surface area contributed by atoms with Gasteiger partial charge in [0.2, 0.25) is 0 Å². The summed E-state index contributed by atoms with van der Waals surface area (Å²) < 4.78 is 29.7. The molecule has 0 radical (unpaired) electrons. The van der Waals surface area contributed by atoms with E-state index in [4.69, 9.17) is 9.72 Å². The SMILES string of the molecule is CC[C@H]1c2ncc(C(=O)N[C@@H](COC)c3ccc(S(=O)(=O)CC)cc3)cc2CN1C[C@H]1CC[C@H](C)CC1. The number of nitrogens with zero attached hydrogens (tertiary/aromatic N) is 2. The zero-order valence-electron chi connectivity index (χ0n) is 22.6. The van der Waals surface area contributed by atoms with E-state index in [0.29, 0.717) is 11.6 Å². The number of rotatable bonds is 10. The number of sulfone groups is 1. The van der Waals surface area contributed by atoms with Crippen molar-refractivity contribution in [3.63, 3.8) is 0 Å². The third kappa shape index (κ3) is 6.41. The van der Waals surface area contributed by atoms with Gasteiger partial charge in [0, 0.05) is 26.4 Å². The number of benzene rings is 1. The van der Waals surface area contributed by atoms with Gasteiger partial charge in [0.25, 0.3) is 5.91 Å². The first-order chi connectivity index (χ1) is 17.7. The van der Waals surface area contributed by atoms with Gasteiger partial charge in [-0.25, -0.2) is 8.42 Å². The van der Waals surface area contributed by atoms with Crippen LogP contribution in [0.3, 0.4) is 0 Å². The van der Waals surface area contributed by atoms with Crippen molar-refractivity contribution in [3.8, 4) is 0 Å². The van der Waals surface area contributed by atoms with Crippen LogP contribution in [0.2, 0.25) is 0 Å². The van der Waals surface area contributed by atoms with Gasteiger partial charge in [0.05, 0.1) is 40.6 Å². The molecule has 37 heavy (non-hydrogen) atoms. The fraction of sp³-hybridized carbons (Fsp3) is 0.586. The summed E-state index contributed by atoms with van der Waals surface area (Å²) in [5.41, 5.74) is 3.57. The molecule has 2 aliphatic rings. The van der Waals surface area contributed by atoms with Crippen molar-refractivity contribution in [1.29, 1.82) is 0 Å². The molecule has 7 nitrogen and oxygen atoms in total. The van der Waals surface area contributed by atoms with E-state index in [1.165, 1.54) is 25.7 Å². The molecule has 0 unspecified atom stereocenters. The van der Waals surface area contributed by atoms with E-state index in [1.54, 1.807) is 44.5 Å². The normalized spacial score (nSPS) is 23.0. The van der Waals surface area contributed by atoms with E-state index in [9.17, 15) is 13.2 Å². The molecule has 2 aromatic rings. The van der Waals surface area contributed by atoms with Crippen LogP contribution in [-0.4, -0.2) is 50.2 Å². The molecule has 4 rings (SSSR count). The van der Waals surface area contributed by atoms with Crippen molar-refractivity contribution < 1.29 is 17.9 Å². The molecular weight excluding hydrogens is 486 g/mol. The third-order valence-electron chi connectivity index (χ3n) is 8.07. The lowest BCUT2D eigenvalue weighted by Gasteiger charge is -2.32. The predicted molar refractivity (Wildman–Crippen MR) is 145 cm³/mol. The Bertz CT molecular complexity index is 1170. The van der Waals surface area contributed by atoms with Gasteiger partial charge in [0.1, 0.15) is 0 Å². The van der Waals surface area contributed by atoms with Crippen LogP contribution < -0.4 is 5.32 Å². The molecule has 0 spiro atoms. The van der Waals surface area contributed by atoms with Crippen LogP contribution >= 0.6 is 0 Å². The summed E-state index contributed by atoms with van der Waals surface area (Å²) in [6, 6.07) is 8.55. The molecule has 2 heterocycles. The fourth-order valence-electron chi connectivity index (χ4n) is 5.76. The Morgan fingerprint density at radius 1 is 1.16 bits per heavy atom. The zero-order valence-corrected chi connectivity index (χ0v) is 23.4. The molecule has 1 fully saturated rings. The molecule has 1 amide bonds. The highest BCUT2D eigenvalue weighted by molar-refractivity contribution is 7.91. The minimum atomic E-state index is -3.28. The van der Waals surface area contributed by atoms with Crippen LogP contribution in [0, 0.1) is 11.8 Å². The summed E-state index contributed by atoms with van der Waals surface area (Å²) in [7, 11) is -1.70. The Balaban J connectivity index is 1.46. The molecule has 2 atom stereocenters. The van der Waals surface area contributed by atoms with Crippen molar-refractivity contribution in [2.75, 3.05) is 26.0 Å². The Hall–Kier alpha value is -2.29. The molecule has 1 N–H and O–H groups in total. The number of hydrogen-bond acceptors (Lipinski definition) is 6. The maximum atomic E-state index is 13.2. The third-order valence-corrected chi connectivity index (χ3v) is 9.82. The molecular formula is C29H41N3O4S. The van der Waals surface area contributed by atoms with Gasteiger partial charge in [-0.1, -0.05) is 45.7 Å². The molecule has 1 aliphatic heterocycles. The second-order valence-corrected chi connectivity index (χ2v) is 13.0. The van der Waals surface area contributed by atoms with Gasteiger partial charge < -0.3 is 10.1 Å². The Morgan fingerprint density at radius 3 is 2.49 bits per heavy atom. The largest absolute Gasteiger partial charge is 0.382 e. The van der Waals surface area contributed by atoms with E-state index in [2.05, 4.69) is 24.1 Å². The number of hydrogen-bond donors (Lipinski definition) is 1. The van der Waals surface area contributed by atoms with Crippen molar-refractivity contribution >= 4 is 15.7 Å². The number of pyridine rings is 1. The highest BCUT2D eigenvalue weighted by Gasteiger charge is 2.33. The maximum absolute atomic E-state index is 13.2. The van der Waals surface area contributed by atoms with Crippen LogP contribution in [0.5, 0.6) is 0 Å². The molecule has 0 bridgehead atoms. The number of ether oxygens (including phenoxy) is 1. The highest BCUT2D eigenvalue weighted by atomic mass is 32.2. The highest BCUT2D eigenvalue weighted by Crippen LogP contribution is 2.38. The van der Waals surface area contributed by atoms with E-state index in [-0.39, 0.29) is 23.2 Å². The number of carbonyl (C=O) groups is 1. The average molecular weight is 528 g/mol. The monoisotopic (exact) mass is 527 g/mol. The lowest BCUT2D eigenvalue weighted by atomic mass is 9.82. The number of methoxy groups -OCH3 is 1. The summed E-state index contributed by atoms with van der Waals surface area (Å²) in [6.07, 6.45) is 7.95. The first-order valence-corrected chi connectivity index (χ1v) is 15.3. The summed E-state index contributed by atoms with van der Waals surface area (Å²) >= 11 is 0. The predicted octanol–water partition coefficient (Wildman–Crippen LogP) is 5.09. The molecule has 0 saturated heterocycles. The van der Waals surface area contributed by atoms with E-state index < -0.39 is 15.9 Å². The lowest BCUT2D eigenvalue weighted by molar-refractivity contribution is 0.0896. The number of aromatic nitrogens is 1. The van der Waals surface area contributed by atoms with Gasteiger partial charge in [-0.15, -0.1) is 0 Å². The lowest BCUT2D eigenvalue weighted by Crippen LogP contribution is -2.31.